The minimum atomic E-state index is -0.490. The summed E-state index contributed by atoms with van der Waals surface area (Å²) in [6, 6.07) is 24.2. The topological polar surface area (TPSA) is 78.5 Å². The zero-order valence-electron chi connectivity index (χ0n) is 18.0. The maximum absolute atomic E-state index is 12.9. The fourth-order valence-corrected chi connectivity index (χ4v) is 4.10. The van der Waals surface area contributed by atoms with Gasteiger partial charge in [0.2, 0.25) is 11.8 Å². The highest BCUT2D eigenvalue weighted by atomic mass is 79.9. The van der Waals surface area contributed by atoms with Crippen LogP contribution < -0.4 is 15.5 Å². The van der Waals surface area contributed by atoms with E-state index in [9.17, 15) is 14.4 Å². The minimum absolute atomic E-state index is 0.0931. The number of nitrogens with one attached hydrogen (secondary N) is 2. The van der Waals surface area contributed by atoms with Crippen LogP contribution in [0.2, 0.25) is 0 Å². The summed E-state index contributed by atoms with van der Waals surface area (Å²) < 4.78 is 0.922. The smallest absolute Gasteiger partial charge is 0.253 e. The Morgan fingerprint density at radius 1 is 0.939 bits per heavy atom. The average molecular weight is 506 g/mol. The highest BCUT2D eigenvalue weighted by Gasteiger charge is 2.35. The zero-order valence-corrected chi connectivity index (χ0v) is 19.5. The molecule has 0 aliphatic carbocycles. The third-order valence-corrected chi connectivity index (χ3v) is 6.13. The molecule has 4 rings (SSSR count). The Hall–Kier alpha value is -3.45. The maximum Gasteiger partial charge on any atom is 0.253 e. The number of carbonyl (C=O) groups excluding carboxylic acids is 3. The van der Waals surface area contributed by atoms with Gasteiger partial charge in [0, 0.05) is 29.7 Å². The largest absolute Gasteiger partial charge is 0.352 e. The molecule has 0 spiro atoms. The van der Waals surface area contributed by atoms with E-state index in [0.29, 0.717) is 24.3 Å². The van der Waals surface area contributed by atoms with Crippen molar-refractivity contribution in [2.45, 2.75) is 12.8 Å². The summed E-state index contributed by atoms with van der Waals surface area (Å²) in [5.41, 5.74) is 2.74. The normalized spacial score (nSPS) is 15.4. The van der Waals surface area contributed by atoms with Crippen LogP contribution in [-0.2, 0) is 16.0 Å². The van der Waals surface area contributed by atoms with Gasteiger partial charge in [-0.05, 0) is 48.4 Å². The van der Waals surface area contributed by atoms with Crippen molar-refractivity contribution < 1.29 is 14.4 Å². The Balaban J connectivity index is 1.38. The predicted molar refractivity (Wildman–Crippen MR) is 132 cm³/mol. The van der Waals surface area contributed by atoms with Crippen molar-refractivity contribution in [3.8, 4) is 0 Å². The lowest BCUT2D eigenvalue weighted by molar-refractivity contribution is -0.122. The van der Waals surface area contributed by atoms with Crippen LogP contribution in [0.1, 0.15) is 22.3 Å². The number of halogens is 1. The molecule has 0 radical (unpaired) electrons. The maximum atomic E-state index is 12.9. The van der Waals surface area contributed by atoms with Crippen LogP contribution in [0.4, 0.5) is 11.4 Å². The number of carbonyl (C=O) groups is 3. The Labute approximate surface area is 201 Å². The zero-order chi connectivity index (χ0) is 23.2. The van der Waals surface area contributed by atoms with E-state index in [1.165, 1.54) is 0 Å². The highest BCUT2D eigenvalue weighted by molar-refractivity contribution is 9.10. The van der Waals surface area contributed by atoms with Crippen LogP contribution in [0.3, 0.4) is 0 Å². The van der Waals surface area contributed by atoms with Gasteiger partial charge in [-0.3, -0.25) is 14.4 Å². The Morgan fingerprint density at radius 3 is 2.39 bits per heavy atom. The molecule has 33 heavy (non-hydrogen) atoms. The second-order valence-electron chi connectivity index (χ2n) is 7.91. The standard InChI is InChI=1S/C26H24BrN3O3/c27-20-10-12-21(13-11-20)30-17-19(16-24(30)31)25(32)29-23-9-5-4-8-22(23)26(33)28-15-14-18-6-2-1-3-7-18/h1-13,19H,14-17H2,(H,28,33)(H,29,32)/t19-/m0/s1. The number of benzene rings is 3. The van der Waals surface area contributed by atoms with Crippen LogP contribution >= 0.6 is 15.9 Å². The highest BCUT2D eigenvalue weighted by Crippen LogP contribution is 2.27. The molecule has 7 heteroatoms. The van der Waals surface area contributed by atoms with Crippen molar-refractivity contribution in [1.82, 2.24) is 5.32 Å². The molecule has 1 fully saturated rings. The number of hydrogen-bond donors (Lipinski definition) is 2. The van der Waals surface area contributed by atoms with E-state index in [1.807, 2.05) is 54.6 Å². The fourth-order valence-electron chi connectivity index (χ4n) is 3.84. The second-order valence-corrected chi connectivity index (χ2v) is 8.82. The van der Waals surface area contributed by atoms with Gasteiger partial charge >= 0.3 is 0 Å². The lowest BCUT2D eigenvalue weighted by atomic mass is 10.1. The molecule has 1 atom stereocenters. The first-order chi connectivity index (χ1) is 16.0. The molecule has 1 aliphatic heterocycles. The number of nitrogens with zero attached hydrogens (tertiary/aromatic N) is 1. The van der Waals surface area contributed by atoms with Crippen LogP contribution in [-0.4, -0.2) is 30.8 Å². The molecule has 1 saturated heterocycles. The summed E-state index contributed by atoms with van der Waals surface area (Å²) in [6.45, 7) is 0.794. The summed E-state index contributed by atoms with van der Waals surface area (Å²) in [4.78, 5) is 39.8. The molecule has 0 saturated carbocycles. The predicted octanol–water partition coefficient (Wildman–Crippen LogP) is 4.41. The van der Waals surface area contributed by atoms with Gasteiger partial charge in [0.05, 0.1) is 17.2 Å². The SMILES string of the molecule is O=C(NCCc1ccccc1)c1ccccc1NC(=O)[C@H]1CC(=O)N(c2ccc(Br)cc2)C1. The van der Waals surface area contributed by atoms with Gasteiger partial charge in [-0.25, -0.2) is 0 Å². The number of para-hydroxylation sites is 1. The molecular formula is C26H24BrN3O3. The Kier molecular flexibility index (Phi) is 7.19. The van der Waals surface area contributed by atoms with E-state index in [4.69, 9.17) is 0 Å². The minimum Gasteiger partial charge on any atom is -0.352 e. The van der Waals surface area contributed by atoms with Gasteiger partial charge in [0.1, 0.15) is 0 Å². The second kappa shape index (κ2) is 10.4. The van der Waals surface area contributed by atoms with Crippen LogP contribution in [0, 0.1) is 5.92 Å². The van der Waals surface area contributed by atoms with Gasteiger partial charge in [-0.2, -0.15) is 0 Å². The number of anilines is 2. The van der Waals surface area contributed by atoms with Gasteiger partial charge in [0.25, 0.3) is 5.91 Å². The van der Waals surface area contributed by atoms with Gasteiger partial charge in [0.15, 0.2) is 0 Å². The monoisotopic (exact) mass is 505 g/mol. The Morgan fingerprint density at radius 2 is 1.64 bits per heavy atom. The first kappa shape index (κ1) is 22.7. The summed E-state index contributed by atoms with van der Waals surface area (Å²) in [5, 5.41) is 5.77. The quantitative estimate of drug-likeness (QED) is 0.499. The van der Waals surface area contributed by atoms with Crippen LogP contribution in [0.15, 0.2) is 83.3 Å². The molecular weight excluding hydrogens is 482 g/mol. The van der Waals surface area contributed by atoms with Crippen molar-refractivity contribution in [2.24, 2.45) is 5.92 Å². The van der Waals surface area contributed by atoms with E-state index >= 15 is 0 Å². The number of rotatable bonds is 7. The molecule has 6 nitrogen and oxygen atoms in total. The molecule has 0 unspecified atom stereocenters. The van der Waals surface area contributed by atoms with Crippen LogP contribution in [0.5, 0.6) is 0 Å². The van der Waals surface area contributed by atoms with Crippen molar-refractivity contribution in [2.75, 3.05) is 23.3 Å². The molecule has 1 heterocycles. The lowest BCUT2D eigenvalue weighted by Crippen LogP contribution is -2.30. The molecule has 1 aliphatic rings. The molecule has 3 aromatic carbocycles. The van der Waals surface area contributed by atoms with E-state index in [-0.39, 0.29) is 24.1 Å². The molecule has 3 aromatic rings. The molecule has 0 aromatic heterocycles. The van der Waals surface area contributed by atoms with Crippen molar-refractivity contribution in [3.05, 3.63) is 94.5 Å². The van der Waals surface area contributed by atoms with Gasteiger partial charge < -0.3 is 15.5 Å². The average Bonchev–Trinajstić information content (AvgIpc) is 3.22. The summed E-state index contributed by atoms with van der Waals surface area (Å²) in [7, 11) is 0. The molecule has 168 valence electrons. The third-order valence-electron chi connectivity index (χ3n) is 5.61. The van der Waals surface area contributed by atoms with E-state index in [0.717, 1.165) is 22.1 Å². The van der Waals surface area contributed by atoms with Crippen molar-refractivity contribution >= 4 is 45.0 Å². The number of hydrogen-bond acceptors (Lipinski definition) is 3. The number of amides is 3. The Bertz CT molecular complexity index is 1150. The fraction of sp³-hybridized carbons (Fsp3) is 0.192. The van der Waals surface area contributed by atoms with E-state index < -0.39 is 5.92 Å². The molecule has 3 amide bonds. The van der Waals surface area contributed by atoms with Gasteiger partial charge in [-0.15, -0.1) is 0 Å². The summed E-state index contributed by atoms with van der Waals surface area (Å²) in [5.74, 6) is -1.10. The van der Waals surface area contributed by atoms with E-state index in [1.54, 1.807) is 29.2 Å². The first-order valence-electron chi connectivity index (χ1n) is 10.8. The summed E-state index contributed by atoms with van der Waals surface area (Å²) >= 11 is 3.39. The third kappa shape index (κ3) is 5.68. The van der Waals surface area contributed by atoms with Crippen molar-refractivity contribution in [1.29, 1.82) is 0 Å². The van der Waals surface area contributed by atoms with Crippen molar-refractivity contribution in [3.63, 3.8) is 0 Å². The summed E-state index contributed by atoms with van der Waals surface area (Å²) in [6.07, 6.45) is 0.852. The van der Waals surface area contributed by atoms with E-state index in [2.05, 4.69) is 26.6 Å². The van der Waals surface area contributed by atoms with Gasteiger partial charge in [-0.1, -0.05) is 58.4 Å². The van der Waals surface area contributed by atoms with Crippen LogP contribution in [0.25, 0.3) is 0 Å². The molecule has 2 N–H and O–H groups in total. The lowest BCUT2D eigenvalue weighted by Gasteiger charge is -2.17. The molecule has 0 bridgehead atoms. The first-order valence-corrected chi connectivity index (χ1v) is 11.6.